The fourth-order valence-corrected chi connectivity index (χ4v) is 2.59. The fraction of sp³-hybridized carbons (Fsp3) is 0.571. The van der Waals surface area contributed by atoms with Gasteiger partial charge in [0, 0.05) is 38.4 Å². The molecule has 0 aliphatic carbocycles. The van der Waals surface area contributed by atoms with Crippen LogP contribution in [0.25, 0.3) is 0 Å². The lowest BCUT2D eigenvalue weighted by Gasteiger charge is -2.33. The molecule has 1 heterocycles. The van der Waals surface area contributed by atoms with Gasteiger partial charge in [-0.1, -0.05) is 6.92 Å². The molecule has 0 saturated carbocycles. The minimum Gasteiger partial charge on any atom is -0.399 e. The van der Waals surface area contributed by atoms with Crippen LogP contribution in [-0.2, 0) is 10.1 Å². The second-order valence-corrected chi connectivity index (χ2v) is 6.47. The molecule has 0 unspecified atom stereocenters. The Labute approximate surface area is 132 Å². The normalized spacial score (nSPS) is 16.9. The van der Waals surface area contributed by atoms with E-state index >= 15 is 0 Å². The number of piperazine rings is 1. The number of nitrogen functional groups attached to an aromatic ring is 1. The predicted octanol–water partition coefficient (Wildman–Crippen LogP) is 0.132. The van der Waals surface area contributed by atoms with Crippen LogP contribution in [0.2, 0.25) is 0 Å². The van der Waals surface area contributed by atoms with Crippen LogP contribution in [-0.4, -0.2) is 73.8 Å². The van der Waals surface area contributed by atoms with Crippen molar-refractivity contribution in [3.63, 3.8) is 0 Å². The van der Waals surface area contributed by atoms with Crippen LogP contribution in [0.3, 0.4) is 0 Å². The summed E-state index contributed by atoms with van der Waals surface area (Å²) in [6.07, 6.45) is 0. The number of hydrogen-bond acceptors (Lipinski definition) is 6. The number of hydrogen-bond donors (Lipinski definition) is 3. The van der Waals surface area contributed by atoms with Crippen LogP contribution in [0.4, 0.5) is 5.69 Å². The monoisotopic (exact) mass is 331 g/mol. The number of nitrogens with two attached hydrogens (primary N) is 1. The molecule has 8 heteroatoms. The van der Waals surface area contributed by atoms with Gasteiger partial charge in [0.25, 0.3) is 10.1 Å². The minimum atomic E-state index is -4.08. The molecule has 0 amide bonds. The van der Waals surface area contributed by atoms with Gasteiger partial charge in [-0.05, 0) is 30.8 Å². The van der Waals surface area contributed by atoms with E-state index in [1.54, 1.807) is 0 Å². The third-order valence-electron chi connectivity index (χ3n) is 3.51. The van der Waals surface area contributed by atoms with Crippen LogP contribution in [0.15, 0.2) is 29.2 Å². The van der Waals surface area contributed by atoms with Gasteiger partial charge in [0.2, 0.25) is 0 Å². The van der Waals surface area contributed by atoms with Crippen LogP contribution in [0.1, 0.15) is 6.92 Å². The van der Waals surface area contributed by atoms with E-state index in [1.165, 1.54) is 24.3 Å². The fourth-order valence-electron chi connectivity index (χ4n) is 2.11. The summed E-state index contributed by atoms with van der Waals surface area (Å²) in [5.41, 5.74) is 5.75. The number of nitrogens with zero attached hydrogens (tertiary/aromatic N) is 2. The predicted molar refractivity (Wildman–Crippen MR) is 86.3 cm³/mol. The number of rotatable bonds is 4. The molecule has 0 bridgehead atoms. The van der Waals surface area contributed by atoms with Crippen molar-refractivity contribution in [3.05, 3.63) is 24.3 Å². The Morgan fingerprint density at radius 1 is 1.09 bits per heavy atom. The molecular formula is C14H25N3O4S. The van der Waals surface area contributed by atoms with Gasteiger partial charge in [-0.25, -0.2) is 0 Å². The zero-order chi connectivity index (χ0) is 16.6. The summed E-state index contributed by atoms with van der Waals surface area (Å²) in [5, 5.41) is 8.69. The molecule has 1 aromatic rings. The molecule has 2 rings (SSSR count). The molecule has 0 radical (unpaired) electrons. The zero-order valence-electron chi connectivity index (χ0n) is 12.9. The number of benzene rings is 1. The first-order valence-electron chi connectivity index (χ1n) is 7.25. The Balaban J connectivity index is 0.000000220. The average Bonchev–Trinajstić information content (AvgIpc) is 2.48. The molecule has 1 aromatic carbocycles. The number of aliphatic hydroxyl groups is 1. The summed E-state index contributed by atoms with van der Waals surface area (Å²) in [6.45, 7) is 9.06. The van der Waals surface area contributed by atoms with Crippen molar-refractivity contribution in [2.24, 2.45) is 0 Å². The van der Waals surface area contributed by atoms with Crippen LogP contribution >= 0.6 is 0 Å². The Hall–Kier alpha value is -1.19. The van der Waals surface area contributed by atoms with Gasteiger partial charge in [-0.2, -0.15) is 8.42 Å². The van der Waals surface area contributed by atoms with E-state index in [4.69, 9.17) is 15.4 Å². The van der Waals surface area contributed by atoms with Crippen molar-refractivity contribution in [2.45, 2.75) is 11.8 Å². The van der Waals surface area contributed by atoms with Crippen molar-refractivity contribution in [3.8, 4) is 0 Å². The minimum absolute atomic E-state index is 0.147. The van der Waals surface area contributed by atoms with Gasteiger partial charge in [-0.3, -0.25) is 9.45 Å². The van der Waals surface area contributed by atoms with Crippen molar-refractivity contribution in [2.75, 3.05) is 51.6 Å². The van der Waals surface area contributed by atoms with Crippen LogP contribution in [0.5, 0.6) is 0 Å². The SMILES string of the molecule is CCN1CCN(CCO)CC1.Nc1ccc(S(=O)(=O)O)cc1. The molecule has 7 nitrogen and oxygen atoms in total. The van der Waals surface area contributed by atoms with Gasteiger partial charge in [-0.15, -0.1) is 0 Å². The van der Waals surface area contributed by atoms with Crippen molar-refractivity contribution >= 4 is 15.8 Å². The number of β-amino-alcohol motifs (C(OH)–C–C–N with tert-alkyl or cyclic N) is 1. The highest BCUT2D eigenvalue weighted by Gasteiger charge is 2.13. The lowest BCUT2D eigenvalue weighted by atomic mass is 10.3. The van der Waals surface area contributed by atoms with Crippen molar-refractivity contribution in [1.82, 2.24) is 9.80 Å². The van der Waals surface area contributed by atoms with Gasteiger partial charge < -0.3 is 15.7 Å². The third kappa shape index (κ3) is 6.71. The summed E-state index contributed by atoms with van der Waals surface area (Å²) >= 11 is 0. The molecule has 1 fully saturated rings. The first-order chi connectivity index (χ1) is 10.4. The molecule has 1 aliphatic heterocycles. The molecule has 0 aromatic heterocycles. The van der Waals surface area contributed by atoms with Crippen LogP contribution in [0, 0.1) is 0 Å². The highest BCUT2D eigenvalue weighted by atomic mass is 32.2. The third-order valence-corrected chi connectivity index (χ3v) is 4.37. The van der Waals surface area contributed by atoms with E-state index in [0.29, 0.717) is 12.3 Å². The number of aliphatic hydroxyl groups excluding tert-OH is 1. The topological polar surface area (TPSA) is 107 Å². The summed E-state index contributed by atoms with van der Waals surface area (Å²) in [6, 6.07) is 5.29. The maximum Gasteiger partial charge on any atom is 0.294 e. The molecule has 1 aliphatic rings. The summed E-state index contributed by atoms with van der Waals surface area (Å²) in [7, 11) is -4.08. The Kier molecular flexibility index (Phi) is 7.77. The second kappa shape index (κ2) is 9.06. The smallest absolute Gasteiger partial charge is 0.294 e. The van der Waals surface area contributed by atoms with Gasteiger partial charge in [0.05, 0.1) is 11.5 Å². The molecule has 0 spiro atoms. The van der Waals surface area contributed by atoms with Gasteiger partial charge in [0.1, 0.15) is 0 Å². The largest absolute Gasteiger partial charge is 0.399 e. The maximum atomic E-state index is 10.5. The quantitative estimate of drug-likeness (QED) is 0.532. The van der Waals surface area contributed by atoms with E-state index in [9.17, 15) is 8.42 Å². The molecule has 4 N–H and O–H groups in total. The molecule has 22 heavy (non-hydrogen) atoms. The molecule has 0 atom stereocenters. The van der Waals surface area contributed by atoms with E-state index in [1.807, 2.05) is 0 Å². The average molecular weight is 331 g/mol. The number of likely N-dealkylation sites (N-methyl/N-ethyl adjacent to an activating group) is 1. The Morgan fingerprint density at radius 3 is 2.00 bits per heavy atom. The maximum absolute atomic E-state index is 10.5. The second-order valence-electron chi connectivity index (χ2n) is 5.04. The van der Waals surface area contributed by atoms with E-state index < -0.39 is 10.1 Å². The lowest BCUT2D eigenvalue weighted by Crippen LogP contribution is -2.46. The van der Waals surface area contributed by atoms with E-state index in [2.05, 4.69) is 16.7 Å². The summed E-state index contributed by atoms with van der Waals surface area (Å²) in [4.78, 5) is 4.60. The lowest BCUT2D eigenvalue weighted by molar-refractivity contribution is 0.116. The molecule has 126 valence electrons. The first-order valence-corrected chi connectivity index (χ1v) is 8.69. The highest BCUT2D eigenvalue weighted by Crippen LogP contribution is 2.10. The standard InChI is InChI=1S/C8H18N2O.C6H7NO3S/c1-2-9-3-5-10(6-4-9)7-8-11;7-5-1-3-6(4-2-5)11(8,9)10/h11H,2-8H2,1H3;1-4H,7H2,(H,8,9,10). The Morgan fingerprint density at radius 2 is 1.59 bits per heavy atom. The van der Waals surface area contributed by atoms with Crippen molar-refractivity contribution < 1.29 is 18.1 Å². The molecular weight excluding hydrogens is 306 g/mol. The van der Waals surface area contributed by atoms with Crippen LogP contribution < -0.4 is 5.73 Å². The van der Waals surface area contributed by atoms with E-state index in [0.717, 1.165) is 39.3 Å². The molecule has 1 saturated heterocycles. The first kappa shape index (κ1) is 18.9. The highest BCUT2D eigenvalue weighted by molar-refractivity contribution is 7.85. The van der Waals surface area contributed by atoms with E-state index in [-0.39, 0.29) is 4.90 Å². The Bertz CT molecular complexity index is 526. The summed E-state index contributed by atoms with van der Waals surface area (Å²) in [5.74, 6) is 0. The van der Waals surface area contributed by atoms with Gasteiger partial charge in [0.15, 0.2) is 0 Å². The van der Waals surface area contributed by atoms with Gasteiger partial charge >= 0.3 is 0 Å². The number of anilines is 1. The summed E-state index contributed by atoms with van der Waals surface area (Å²) < 4.78 is 29.4. The zero-order valence-corrected chi connectivity index (χ0v) is 13.7. The van der Waals surface area contributed by atoms with Crippen molar-refractivity contribution in [1.29, 1.82) is 0 Å².